The molecule has 0 radical (unpaired) electrons. The van der Waals surface area contributed by atoms with Crippen LogP contribution in [-0.2, 0) is 0 Å². The minimum Gasteiger partial charge on any atom is -0.452 e. The monoisotopic (exact) mass is 357 g/mol. The highest BCUT2D eigenvalue weighted by Crippen LogP contribution is 2.31. The first kappa shape index (κ1) is 16.7. The van der Waals surface area contributed by atoms with Gasteiger partial charge in [-0.05, 0) is 31.2 Å². The Morgan fingerprint density at radius 3 is 2.48 bits per heavy atom. The van der Waals surface area contributed by atoms with Crippen molar-refractivity contribution in [2.45, 2.75) is 6.92 Å². The third kappa shape index (κ3) is 3.22. The van der Waals surface area contributed by atoms with Gasteiger partial charge in [-0.3, -0.25) is 9.78 Å². The quantitative estimate of drug-likeness (QED) is 0.509. The molecule has 4 rings (SSSR count). The summed E-state index contributed by atoms with van der Waals surface area (Å²) in [5, 5.41) is 0.368. The molecule has 0 saturated heterocycles. The Morgan fingerprint density at radius 2 is 1.74 bits per heavy atom. The maximum atomic E-state index is 13.1. The van der Waals surface area contributed by atoms with Gasteiger partial charge in [-0.25, -0.2) is 4.79 Å². The number of carbonyl (C=O) groups is 1. The lowest BCUT2D eigenvalue weighted by Crippen LogP contribution is -2.16. The van der Waals surface area contributed by atoms with E-state index in [0.717, 1.165) is 5.56 Å². The van der Waals surface area contributed by atoms with E-state index in [1.807, 2.05) is 31.2 Å². The Labute approximate surface area is 154 Å². The van der Waals surface area contributed by atoms with Gasteiger partial charge in [-0.15, -0.1) is 0 Å². The number of benzene rings is 2. The molecular weight excluding hydrogens is 342 g/mol. The summed E-state index contributed by atoms with van der Waals surface area (Å²) in [7, 11) is 0. The van der Waals surface area contributed by atoms with Crippen LogP contribution in [0.2, 0.25) is 0 Å². The molecule has 0 spiro atoms. The number of hydrogen-bond donors (Lipinski definition) is 0. The molecule has 132 valence electrons. The molecule has 0 aliphatic heterocycles. The van der Waals surface area contributed by atoms with E-state index in [9.17, 15) is 9.59 Å². The van der Waals surface area contributed by atoms with Crippen molar-refractivity contribution in [2.75, 3.05) is 0 Å². The highest BCUT2D eigenvalue weighted by atomic mass is 16.5. The van der Waals surface area contributed by atoms with Gasteiger partial charge in [0.15, 0.2) is 5.76 Å². The second-order valence-electron chi connectivity index (χ2n) is 6.08. The maximum absolute atomic E-state index is 13.1. The number of rotatable bonds is 3. The predicted molar refractivity (Wildman–Crippen MR) is 102 cm³/mol. The number of aromatic nitrogens is 1. The summed E-state index contributed by atoms with van der Waals surface area (Å²) in [5.41, 5.74) is 1.91. The van der Waals surface area contributed by atoms with Crippen LogP contribution in [0, 0.1) is 6.92 Å². The van der Waals surface area contributed by atoms with E-state index in [2.05, 4.69) is 4.98 Å². The van der Waals surface area contributed by atoms with Gasteiger partial charge >= 0.3 is 5.97 Å². The Kier molecular flexibility index (Phi) is 4.26. The lowest BCUT2D eigenvalue weighted by Gasteiger charge is -2.11. The summed E-state index contributed by atoms with van der Waals surface area (Å²) < 4.78 is 11.5. The average Bonchev–Trinajstić information content (AvgIpc) is 2.71. The minimum absolute atomic E-state index is 0.124. The van der Waals surface area contributed by atoms with E-state index in [1.54, 1.807) is 24.3 Å². The maximum Gasteiger partial charge on any atom is 0.343 e. The molecule has 27 heavy (non-hydrogen) atoms. The largest absolute Gasteiger partial charge is 0.452 e. The van der Waals surface area contributed by atoms with Gasteiger partial charge in [-0.1, -0.05) is 42.0 Å². The molecule has 5 nitrogen and oxygen atoms in total. The first-order valence-corrected chi connectivity index (χ1v) is 8.38. The van der Waals surface area contributed by atoms with Crippen LogP contribution in [0.4, 0.5) is 0 Å². The lowest BCUT2D eigenvalue weighted by atomic mass is 10.1. The first-order chi connectivity index (χ1) is 13.1. The SMILES string of the molecule is Cc1ccc2oc(-c3ccccc3)c(OC(=O)c3ccncc3)c(=O)c2c1. The third-order valence-corrected chi connectivity index (χ3v) is 4.15. The minimum atomic E-state index is -0.645. The Hall–Kier alpha value is -3.73. The molecule has 0 bridgehead atoms. The molecule has 2 aromatic heterocycles. The molecule has 0 aliphatic rings. The molecule has 0 saturated carbocycles. The first-order valence-electron chi connectivity index (χ1n) is 8.38. The lowest BCUT2D eigenvalue weighted by molar-refractivity contribution is 0.0731. The zero-order valence-electron chi connectivity index (χ0n) is 14.5. The number of fused-ring (bicyclic) bond motifs is 1. The molecule has 5 heteroatoms. The van der Waals surface area contributed by atoms with E-state index in [-0.39, 0.29) is 16.9 Å². The van der Waals surface area contributed by atoms with E-state index < -0.39 is 5.97 Å². The van der Waals surface area contributed by atoms with Crippen molar-refractivity contribution in [1.29, 1.82) is 0 Å². The fourth-order valence-electron chi connectivity index (χ4n) is 2.80. The fraction of sp³-hybridized carbons (Fsp3) is 0.0455. The molecule has 0 amide bonds. The van der Waals surface area contributed by atoms with Crippen LogP contribution in [0.25, 0.3) is 22.3 Å². The van der Waals surface area contributed by atoms with Crippen LogP contribution in [0.15, 0.2) is 82.3 Å². The van der Waals surface area contributed by atoms with E-state index >= 15 is 0 Å². The van der Waals surface area contributed by atoms with E-state index in [1.165, 1.54) is 24.5 Å². The number of ether oxygens (including phenoxy) is 1. The van der Waals surface area contributed by atoms with Crippen LogP contribution in [0.1, 0.15) is 15.9 Å². The van der Waals surface area contributed by atoms with Crippen molar-refractivity contribution >= 4 is 16.9 Å². The van der Waals surface area contributed by atoms with Crippen molar-refractivity contribution in [3.63, 3.8) is 0 Å². The van der Waals surface area contributed by atoms with Crippen LogP contribution < -0.4 is 10.2 Å². The molecule has 0 atom stereocenters. The zero-order valence-corrected chi connectivity index (χ0v) is 14.5. The van der Waals surface area contributed by atoms with Crippen LogP contribution >= 0.6 is 0 Å². The highest BCUT2D eigenvalue weighted by Gasteiger charge is 2.21. The van der Waals surface area contributed by atoms with Gasteiger partial charge in [0.05, 0.1) is 10.9 Å². The van der Waals surface area contributed by atoms with Crippen molar-refractivity contribution in [1.82, 2.24) is 4.98 Å². The molecule has 2 heterocycles. The standard InChI is InChI=1S/C22H15NO4/c1-14-7-8-18-17(13-14)19(24)21(20(26-18)15-5-3-2-4-6-15)27-22(25)16-9-11-23-12-10-16/h2-13H,1H3. The summed E-state index contributed by atoms with van der Waals surface area (Å²) >= 11 is 0. The zero-order chi connectivity index (χ0) is 18.8. The van der Waals surface area contributed by atoms with Crippen LogP contribution in [0.3, 0.4) is 0 Å². The number of esters is 1. The summed E-state index contributed by atoms with van der Waals surface area (Å²) in [4.78, 5) is 29.5. The number of nitrogens with zero attached hydrogens (tertiary/aromatic N) is 1. The number of pyridine rings is 1. The van der Waals surface area contributed by atoms with Crippen molar-refractivity contribution < 1.29 is 13.9 Å². The normalized spacial score (nSPS) is 10.7. The van der Waals surface area contributed by atoms with Crippen LogP contribution in [-0.4, -0.2) is 11.0 Å². The summed E-state index contributed by atoms with van der Waals surface area (Å²) in [6, 6.07) is 17.5. The molecule has 0 unspecified atom stereocenters. The van der Waals surface area contributed by atoms with Gasteiger partial charge < -0.3 is 9.15 Å². The van der Waals surface area contributed by atoms with Gasteiger partial charge in [-0.2, -0.15) is 0 Å². The van der Waals surface area contributed by atoms with Crippen molar-refractivity contribution in [3.05, 3.63) is 94.4 Å². The van der Waals surface area contributed by atoms with Gasteiger partial charge in [0.2, 0.25) is 11.2 Å². The second-order valence-corrected chi connectivity index (χ2v) is 6.08. The van der Waals surface area contributed by atoms with Crippen molar-refractivity contribution in [3.8, 4) is 17.1 Å². The Bertz CT molecular complexity index is 1180. The molecular formula is C22H15NO4. The summed E-state index contributed by atoms with van der Waals surface area (Å²) in [6.07, 6.45) is 2.97. The van der Waals surface area contributed by atoms with Crippen molar-refractivity contribution in [2.24, 2.45) is 0 Å². The van der Waals surface area contributed by atoms with E-state index in [0.29, 0.717) is 22.1 Å². The van der Waals surface area contributed by atoms with E-state index in [4.69, 9.17) is 9.15 Å². The molecule has 4 aromatic rings. The fourth-order valence-corrected chi connectivity index (χ4v) is 2.80. The van der Waals surface area contributed by atoms with Gasteiger partial charge in [0.1, 0.15) is 5.58 Å². The number of carbonyl (C=O) groups excluding carboxylic acids is 1. The molecule has 0 aliphatic carbocycles. The Balaban J connectivity index is 1.92. The summed E-state index contributed by atoms with van der Waals surface area (Å²) in [5.74, 6) is -0.547. The van der Waals surface area contributed by atoms with Gasteiger partial charge in [0.25, 0.3) is 0 Å². The van der Waals surface area contributed by atoms with Gasteiger partial charge in [0, 0.05) is 18.0 Å². The predicted octanol–water partition coefficient (Wildman–Crippen LogP) is 4.38. The smallest absolute Gasteiger partial charge is 0.343 e. The number of aryl methyl sites for hydroxylation is 1. The molecule has 2 aromatic carbocycles. The second kappa shape index (κ2) is 6.88. The molecule has 0 N–H and O–H groups in total. The highest BCUT2D eigenvalue weighted by molar-refractivity contribution is 5.92. The third-order valence-electron chi connectivity index (χ3n) is 4.15. The number of hydrogen-bond acceptors (Lipinski definition) is 5. The summed E-state index contributed by atoms with van der Waals surface area (Å²) in [6.45, 7) is 1.88. The van der Waals surface area contributed by atoms with Crippen LogP contribution in [0.5, 0.6) is 5.75 Å². The Morgan fingerprint density at radius 1 is 1.00 bits per heavy atom. The topological polar surface area (TPSA) is 69.4 Å². The average molecular weight is 357 g/mol. The molecule has 0 fully saturated rings.